The zero-order valence-corrected chi connectivity index (χ0v) is 7.64. The van der Waals surface area contributed by atoms with Crippen molar-refractivity contribution in [2.45, 2.75) is 37.4 Å². The van der Waals surface area contributed by atoms with Crippen LogP contribution in [-0.4, -0.2) is 18.9 Å². The van der Waals surface area contributed by atoms with E-state index in [0.29, 0.717) is 12.8 Å². The normalized spacial score (nSPS) is 20.7. The maximum Gasteiger partial charge on any atom is 0.334 e. The van der Waals surface area contributed by atoms with Crippen molar-refractivity contribution in [1.82, 2.24) is 0 Å². The third kappa shape index (κ3) is 1.77. The van der Waals surface area contributed by atoms with Crippen LogP contribution in [0.4, 0.5) is 4.79 Å². The Morgan fingerprint density at radius 3 is 2.08 bits per heavy atom. The molecule has 0 atom stereocenters. The van der Waals surface area contributed by atoms with Crippen molar-refractivity contribution in [1.29, 1.82) is 0 Å². The molecule has 0 aromatic heterocycles. The van der Waals surface area contributed by atoms with Crippen molar-refractivity contribution >= 4 is 15.1 Å². The molecule has 1 aliphatic rings. The van der Waals surface area contributed by atoms with Gasteiger partial charge < -0.3 is 5.73 Å². The highest BCUT2D eigenvalue weighted by atomic mass is 32.2. The van der Waals surface area contributed by atoms with E-state index in [9.17, 15) is 13.2 Å². The first kappa shape index (κ1) is 9.51. The van der Waals surface area contributed by atoms with E-state index in [2.05, 4.69) is 0 Å². The SMILES string of the molecule is NC(=O)S(=O)(=O)C1CCCCC1. The van der Waals surface area contributed by atoms with Crippen molar-refractivity contribution in [2.24, 2.45) is 5.73 Å². The number of carbonyl (C=O) groups is 1. The second-order valence-electron chi connectivity index (χ2n) is 3.12. The molecule has 0 aromatic carbocycles. The Kier molecular flexibility index (Phi) is 2.72. The highest BCUT2D eigenvalue weighted by Gasteiger charge is 2.31. The molecule has 0 aromatic rings. The Labute approximate surface area is 72.0 Å². The van der Waals surface area contributed by atoms with Gasteiger partial charge in [0, 0.05) is 0 Å². The van der Waals surface area contributed by atoms with E-state index in [1.54, 1.807) is 0 Å². The van der Waals surface area contributed by atoms with E-state index in [-0.39, 0.29) is 0 Å². The molecule has 0 aliphatic heterocycles. The molecule has 1 rings (SSSR count). The number of sulfone groups is 1. The summed E-state index contributed by atoms with van der Waals surface area (Å²) in [5, 5.41) is -1.68. The van der Waals surface area contributed by atoms with Gasteiger partial charge in [0.05, 0.1) is 5.25 Å². The smallest absolute Gasteiger partial charge is 0.334 e. The Morgan fingerprint density at radius 1 is 1.17 bits per heavy atom. The van der Waals surface area contributed by atoms with Gasteiger partial charge in [0.2, 0.25) is 9.84 Å². The molecule has 0 spiro atoms. The van der Waals surface area contributed by atoms with Gasteiger partial charge in [0.15, 0.2) is 0 Å². The van der Waals surface area contributed by atoms with Crippen LogP contribution < -0.4 is 5.73 Å². The lowest BCUT2D eigenvalue weighted by Gasteiger charge is -2.19. The molecular weight excluding hydrogens is 178 g/mol. The highest BCUT2D eigenvalue weighted by Crippen LogP contribution is 2.23. The summed E-state index contributed by atoms with van der Waals surface area (Å²) < 4.78 is 22.4. The quantitative estimate of drug-likeness (QED) is 0.666. The molecule has 2 N–H and O–H groups in total. The van der Waals surface area contributed by atoms with E-state index in [0.717, 1.165) is 19.3 Å². The van der Waals surface area contributed by atoms with Crippen molar-refractivity contribution in [3.63, 3.8) is 0 Å². The molecule has 1 aliphatic carbocycles. The number of hydrogen-bond donors (Lipinski definition) is 1. The average molecular weight is 191 g/mol. The molecule has 12 heavy (non-hydrogen) atoms. The van der Waals surface area contributed by atoms with Gasteiger partial charge in [0.1, 0.15) is 0 Å². The Bertz CT molecular complexity index is 264. The maximum absolute atomic E-state index is 11.2. The van der Waals surface area contributed by atoms with E-state index < -0.39 is 20.3 Å². The second kappa shape index (κ2) is 3.43. The first-order valence-corrected chi connectivity index (χ1v) is 5.63. The Hall–Kier alpha value is -0.580. The van der Waals surface area contributed by atoms with E-state index in [1.165, 1.54) is 0 Å². The van der Waals surface area contributed by atoms with Gasteiger partial charge in [-0.3, -0.25) is 4.79 Å². The number of carbonyl (C=O) groups excluding carboxylic acids is 1. The van der Waals surface area contributed by atoms with Gasteiger partial charge in [-0.2, -0.15) is 0 Å². The summed E-state index contributed by atoms with van der Waals surface area (Å²) in [7, 11) is -3.66. The van der Waals surface area contributed by atoms with E-state index in [1.807, 2.05) is 0 Å². The Balaban J connectivity index is 2.74. The van der Waals surface area contributed by atoms with Gasteiger partial charge in [-0.15, -0.1) is 0 Å². The zero-order chi connectivity index (χ0) is 9.19. The molecule has 0 unspecified atom stereocenters. The summed E-state index contributed by atoms with van der Waals surface area (Å²) in [6.07, 6.45) is 4.01. The van der Waals surface area contributed by atoms with Gasteiger partial charge in [0.25, 0.3) is 0 Å². The lowest BCUT2D eigenvalue weighted by molar-refractivity contribution is 0.264. The van der Waals surface area contributed by atoms with E-state index in [4.69, 9.17) is 5.73 Å². The minimum atomic E-state index is -3.66. The first-order valence-electron chi connectivity index (χ1n) is 4.08. The van der Waals surface area contributed by atoms with Crippen LogP contribution in [0.5, 0.6) is 0 Å². The van der Waals surface area contributed by atoms with Crippen LogP contribution in [0.25, 0.3) is 0 Å². The Morgan fingerprint density at radius 2 is 1.67 bits per heavy atom. The molecule has 1 amide bonds. The zero-order valence-electron chi connectivity index (χ0n) is 6.82. The fourth-order valence-electron chi connectivity index (χ4n) is 1.54. The van der Waals surface area contributed by atoms with Crippen molar-refractivity contribution in [3.05, 3.63) is 0 Å². The number of amides is 1. The minimum Gasteiger partial charge on any atom is -0.356 e. The first-order chi connectivity index (χ1) is 5.55. The average Bonchev–Trinajstić information content (AvgIpc) is 2.06. The molecule has 0 saturated heterocycles. The number of hydrogen-bond acceptors (Lipinski definition) is 3. The molecule has 70 valence electrons. The summed E-state index contributed by atoms with van der Waals surface area (Å²) in [4.78, 5) is 10.6. The topological polar surface area (TPSA) is 77.2 Å². The number of rotatable bonds is 1. The predicted molar refractivity (Wildman–Crippen MR) is 45.4 cm³/mol. The van der Waals surface area contributed by atoms with E-state index >= 15 is 0 Å². The monoisotopic (exact) mass is 191 g/mol. The lowest BCUT2D eigenvalue weighted by atomic mass is 10.0. The summed E-state index contributed by atoms with van der Waals surface area (Å²) in [6.45, 7) is 0. The molecule has 0 heterocycles. The molecule has 1 saturated carbocycles. The largest absolute Gasteiger partial charge is 0.356 e. The summed E-state index contributed by atoms with van der Waals surface area (Å²) in [6, 6.07) is 0. The van der Waals surface area contributed by atoms with Gasteiger partial charge in [-0.05, 0) is 12.8 Å². The van der Waals surface area contributed by atoms with Crippen LogP contribution in [0, 0.1) is 0 Å². The van der Waals surface area contributed by atoms with Gasteiger partial charge in [-0.1, -0.05) is 19.3 Å². The summed E-state index contributed by atoms with van der Waals surface area (Å²) in [5.41, 5.74) is 4.77. The molecule has 4 nitrogen and oxygen atoms in total. The molecule has 5 heteroatoms. The molecule has 0 bridgehead atoms. The highest BCUT2D eigenvalue weighted by molar-refractivity contribution is 8.06. The van der Waals surface area contributed by atoms with Crippen molar-refractivity contribution < 1.29 is 13.2 Å². The summed E-state index contributed by atoms with van der Waals surface area (Å²) >= 11 is 0. The van der Waals surface area contributed by atoms with Crippen molar-refractivity contribution in [3.8, 4) is 0 Å². The van der Waals surface area contributed by atoms with Crippen LogP contribution in [0.1, 0.15) is 32.1 Å². The van der Waals surface area contributed by atoms with Crippen LogP contribution in [0.15, 0.2) is 0 Å². The number of nitrogens with two attached hydrogens (primary N) is 1. The third-order valence-corrected chi connectivity index (χ3v) is 4.18. The minimum absolute atomic E-state index is 0.510. The lowest BCUT2D eigenvalue weighted by Crippen LogP contribution is -2.33. The van der Waals surface area contributed by atoms with Crippen LogP contribution in [0.2, 0.25) is 0 Å². The second-order valence-corrected chi connectivity index (χ2v) is 5.28. The fraction of sp³-hybridized carbons (Fsp3) is 0.857. The molecule has 0 radical (unpaired) electrons. The van der Waals surface area contributed by atoms with Crippen LogP contribution >= 0.6 is 0 Å². The van der Waals surface area contributed by atoms with Crippen molar-refractivity contribution in [2.75, 3.05) is 0 Å². The fourth-order valence-corrected chi connectivity index (χ4v) is 2.82. The summed E-state index contributed by atoms with van der Waals surface area (Å²) in [5.74, 6) is 0. The van der Waals surface area contributed by atoms with Crippen LogP contribution in [0.3, 0.4) is 0 Å². The van der Waals surface area contributed by atoms with Crippen LogP contribution in [-0.2, 0) is 9.84 Å². The molecular formula is C7H13NO3S. The number of primary amides is 1. The van der Waals surface area contributed by atoms with Gasteiger partial charge in [-0.25, -0.2) is 8.42 Å². The molecule has 1 fully saturated rings. The standard InChI is InChI=1S/C7H13NO3S/c8-7(9)12(10,11)6-4-2-1-3-5-6/h6H,1-5H2,(H2,8,9). The van der Waals surface area contributed by atoms with Gasteiger partial charge >= 0.3 is 5.24 Å². The third-order valence-electron chi connectivity index (χ3n) is 2.27. The maximum atomic E-state index is 11.2. The predicted octanol–water partition coefficient (Wildman–Crippen LogP) is 0.813.